The zero-order valence-corrected chi connectivity index (χ0v) is 10.2. The highest BCUT2D eigenvalue weighted by atomic mass is 35.5. The van der Waals surface area contributed by atoms with Crippen molar-refractivity contribution in [3.8, 4) is 0 Å². The third-order valence-corrected chi connectivity index (χ3v) is 2.25. The van der Waals surface area contributed by atoms with E-state index in [0.717, 1.165) is 25.1 Å². The van der Waals surface area contributed by atoms with Gasteiger partial charge in [-0.15, -0.1) is 12.4 Å². The van der Waals surface area contributed by atoms with Gasteiger partial charge in [0.1, 0.15) is 0 Å². The van der Waals surface area contributed by atoms with Crippen LogP contribution in [0.25, 0.3) is 0 Å². The first kappa shape index (κ1) is 14.9. The van der Waals surface area contributed by atoms with E-state index in [-0.39, 0.29) is 18.8 Å². The standard InChI is InChI=1S/C10H17N3O2.ClH/c1-13(6-4-10(14)15)5-2-3-9-7-11-8-12-9;/h7-8H,2-6H2,1H3,(H,11,12)(H,14,15);1H. The van der Waals surface area contributed by atoms with Crippen molar-refractivity contribution in [1.82, 2.24) is 14.9 Å². The van der Waals surface area contributed by atoms with Crippen LogP contribution in [0.1, 0.15) is 18.5 Å². The number of aliphatic carboxylic acids is 1. The number of carbonyl (C=O) groups is 1. The monoisotopic (exact) mass is 247 g/mol. The number of imidazole rings is 1. The number of H-pyrrole nitrogens is 1. The molecule has 0 atom stereocenters. The maximum atomic E-state index is 10.3. The Morgan fingerprint density at radius 2 is 2.31 bits per heavy atom. The maximum absolute atomic E-state index is 10.3. The van der Waals surface area contributed by atoms with E-state index in [4.69, 9.17) is 5.11 Å². The molecule has 1 aromatic heterocycles. The number of halogens is 1. The second-order valence-corrected chi connectivity index (χ2v) is 3.63. The molecular formula is C10H18ClN3O2. The van der Waals surface area contributed by atoms with Gasteiger partial charge in [0.15, 0.2) is 0 Å². The molecule has 0 aliphatic heterocycles. The fourth-order valence-electron chi connectivity index (χ4n) is 1.36. The van der Waals surface area contributed by atoms with Gasteiger partial charge in [-0.2, -0.15) is 0 Å². The van der Waals surface area contributed by atoms with E-state index in [1.807, 2.05) is 18.1 Å². The minimum Gasteiger partial charge on any atom is -0.481 e. The van der Waals surface area contributed by atoms with Crippen LogP contribution in [0.4, 0.5) is 0 Å². The van der Waals surface area contributed by atoms with Gasteiger partial charge in [0.2, 0.25) is 0 Å². The first-order chi connectivity index (χ1) is 7.18. The number of hydrogen-bond acceptors (Lipinski definition) is 3. The molecule has 92 valence electrons. The summed E-state index contributed by atoms with van der Waals surface area (Å²) >= 11 is 0. The van der Waals surface area contributed by atoms with Crippen molar-refractivity contribution in [1.29, 1.82) is 0 Å². The lowest BCUT2D eigenvalue weighted by atomic mass is 10.2. The van der Waals surface area contributed by atoms with Crippen molar-refractivity contribution in [2.45, 2.75) is 19.3 Å². The molecule has 0 unspecified atom stereocenters. The summed E-state index contributed by atoms with van der Waals surface area (Å²) in [5.41, 5.74) is 1.13. The number of nitrogens with zero attached hydrogens (tertiary/aromatic N) is 2. The number of aromatic amines is 1. The topological polar surface area (TPSA) is 69.2 Å². The van der Waals surface area contributed by atoms with E-state index < -0.39 is 5.97 Å². The first-order valence-electron chi connectivity index (χ1n) is 5.06. The number of carboxylic acids is 1. The molecule has 0 bridgehead atoms. The summed E-state index contributed by atoms with van der Waals surface area (Å²) in [7, 11) is 1.94. The summed E-state index contributed by atoms with van der Waals surface area (Å²) in [6.45, 7) is 1.52. The summed E-state index contributed by atoms with van der Waals surface area (Å²) < 4.78 is 0. The van der Waals surface area contributed by atoms with Gasteiger partial charge in [-0.25, -0.2) is 4.98 Å². The van der Waals surface area contributed by atoms with Crippen LogP contribution in [0.5, 0.6) is 0 Å². The SMILES string of the molecule is CN(CCCc1cnc[nH]1)CCC(=O)O.Cl. The summed E-state index contributed by atoms with van der Waals surface area (Å²) in [5, 5.41) is 8.50. The van der Waals surface area contributed by atoms with Crippen LogP contribution in [0.3, 0.4) is 0 Å². The second-order valence-electron chi connectivity index (χ2n) is 3.63. The molecule has 1 heterocycles. The molecule has 6 heteroatoms. The normalized spacial score (nSPS) is 10.1. The van der Waals surface area contributed by atoms with Crippen LogP contribution < -0.4 is 0 Å². The quantitative estimate of drug-likeness (QED) is 0.759. The Hall–Kier alpha value is -1.07. The average Bonchev–Trinajstić information content (AvgIpc) is 2.67. The van der Waals surface area contributed by atoms with Crippen molar-refractivity contribution in [2.24, 2.45) is 0 Å². The lowest BCUT2D eigenvalue weighted by molar-refractivity contribution is -0.137. The molecule has 0 radical (unpaired) electrons. The van der Waals surface area contributed by atoms with Crippen LogP contribution >= 0.6 is 12.4 Å². The molecule has 1 rings (SSSR count). The Morgan fingerprint density at radius 3 is 2.88 bits per heavy atom. The number of rotatable bonds is 7. The highest BCUT2D eigenvalue weighted by Crippen LogP contribution is 1.98. The van der Waals surface area contributed by atoms with E-state index in [1.54, 1.807) is 6.33 Å². The molecule has 0 aliphatic rings. The van der Waals surface area contributed by atoms with E-state index in [2.05, 4.69) is 9.97 Å². The van der Waals surface area contributed by atoms with Crippen molar-refractivity contribution in [3.63, 3.8) is 0 Å². The number of nitrogens with one attached hydrogen (secondary N) is 1. The molecular weight excluding hydrogens is 230 g/mol. The van der Waals surface area contributed by atoms with Gasteiger partial charge in [0.05, 0.1) is 12.7 Å². The Bertz CT molecular complexity index is 290. The van der Waals surface area contributed by atoms with Gasteiger partial charge in [0.25, 0.3) is 0 Å². The highest BCUT2D eigenvalue weighted by molar-refractivity contribution is 5.85. The summed E-state index contributed by atoms with van der Waals surface area (Å²) in [6.07, 6.45) is 5.66. The lowest BCUT2D eigenvalue weighted by Gasteiger charge is -2.14. The van der Waals surface area contributed by atoms with Crippen molar-refractivity contribution in [2.75, 3.05) is 20.1 Å². The van der Waals surface area contributed by atoms with Crippen molar-refractivity contribution in [3.05, 3.63) is 18.2 Å². The van der Waals surface area contributed by atoms with E-state index in [0.29, 0.717) is 6.54 Å². The summed E-state index contributed by atoms with van der Waals surface area (Å²) in [5.74, 6) is -0.740. The van der Waals surface area contributed by atoms with E-state index >= 15 is 0 Å². The maximum Gasteiger partial charge on any atom is 0.304 e. The van der Waals surface area contributed by atoms with Gasteiger partial charge >= 0.3 is 5.97 Å². The van der Waals surface area contributed by atoms with Crippen LogP contribution in [0, 0.1) is 0 Å². The number of hydrogen-bond donors (Lipinski definition) is 2. The van der Waals surface area contributed by atoms with Gasteiger partial charge in [-0.1, -0.05) is 0 Å². The van der Waals surface area contributed by atoms with Crippen molar-refractivity contribution >= 4 is 18.4 Å². The predicted molar refractivity (Wildman–Crippen MR) is 63.9 cm³/mol. The van der Waals surface area contributed by atoms with E-state index in [1.165, 1.54) is 0 Å². The van der Waals surface area contributed by atoms with Gasteiger partial charge in [0, 0.05) is 18.4 Å². The largest absolute Gasteiger partial charge is 0.481 e. The second kappa shape index (κ2) is 8.13. The Labute approximate surface area is 101 Å². The van der Waals surface area contributed by atoms with E-state index in [9.17, 15) is 4.79 Å². The fourth-order valence-corrected chi connectivity index (χ4v) is 1.36. The third-order valence-electron chi connectivity index (χ3n) is 2.25. The number of carboxylic acid groups (broad SMARTS) is 1. The van der Waals surface area contributed by atoms with Crippen molar-refractivity contribution < 1.29 is 9.90 Å². The highest BCUT2D eigenvalue weighted by Gasteiger charge is 2.02. The summed E-state index contributed by atoms with van der Waals surface area (Å²) in [6, 6.07) is 0. The summed E-state index contributed by atoms with van der Waals surface area (Å²) in [4.78, 5) is 19.3. The van der Waals surface area contributed by atoms with Crippen LogP contribution in [0.2, 0.25) is 0 Å². The number of aromatic nitrogens is 2. The molecule has 5 nitrogen and oxygen atoms in total. The Balaban J connectivity index is 0.00000225. The number of aryl methyl sites for hydroxylation is 1. The Kier molecular flexibility index (Phi) is 7.58. The molecule has 0 fully saturated rings. The molecule has 0 amide bonds. The minimum atomic E-state index is -0.740. The van der Waals surface area contributed by atoms with Gasteiger partial charge in [-0.3, -0.25) is 4.79 Å². The first-order valence-corrected chi connectivity index (χ1v) is 5.06. The molecule has 2 N–H and O–H groups in total. The molecule has 0 aromatic carbocycles. The average molecular weight is 248 g/mol. The molecule has 0 saturated carbocycles. The van der Waals surface area contributed by atoms with Crippen LogP contribution in [-0.2, 0) is 11.2 Å². The van der Waals surface area contributed by atoms with Crippen LogP contribution in [-0.4, -0.2) is 46.1 Å². The van der Waals surface area contributed by atoms with Crippen LogP contribution in [0.15, 0.2) is 12.5 Å². The fraction of sp³-hybridized carbons (Fsp3) is 0.600. The zero-order valence-electron chi connectivity index (χ0n) is 9.35. The third kappa shape index (κ3) is 6.42. The molecule has 0 aliphatic carbocycles. The minimum absolute atomic E-state index is 0. The predicted octanol–water partition coefficient (Wildman–Crippen LogP) is 1.17. The lowest BCUT2D eigenvalue weighted by Crippen LogP contribution is -2.23. The smallest absolute Gasteiger partial charge is 0.304 e. The Morgan fingerprint density at radius 1 is 1.56 bits per heavy atom. The van der Waals surface area contributed by atoms with Gasteiger partial charge < -0.3 is 15.0 Å². The molecule has 0 saturated heterocycles. The molecule has 1 aromatic rings. The van der Waals surface area contributed by atoms with Gasteiger partial charge in [-0.05, 0) is 26.4 Å². The molecule has 16 heavy (non-hydrogen) atoms. The zero-order chi connectivity index (χ0) is 11.1. The molecule has 0 spiro atoms.